The van der Waals surface area contributed by atoms with E-state index >= 15 is 0 Å². The molecule has 0 spiro atoms. The normalized spacial score (nSPS) is 16.9. The Bertz CT molecular complexity index is 582. The van der Waals surface area contributed by atoms with Gasteiger partial charge in [0.15, 0.2) is 0 Å². The minimum atomic E-state index is -1.11. The van der Waals surface area contributed by atoms with E-state index in [4.69, 9.17) is 4.74 Å². The van der Waals surface area contributed by atoms with Crippen molar-refractivity contribution in [3.63, 3.8) is 0 Å². The van der Waals surface area contributed by atoms with Crippen LogP contribution in [0, 0.1) is 0 Å². The topological polar surface area (TPSA) is 66.8 Å². The summed E-state index contributed by atoms with van der Waals surface area (Å²) >= 11 is 3.36. The Hall–Kier alpha value is -1.56. The Labute approximate surface area is 138 Å². The van der Waals surface area contributed by atoms with Crippen molar-refractivity contribution in [1.82, 2.24) is 4.90 Å². The summed E-state index contributed by atoms with van der Waals surface area (Å²) in [6, 6.07) is 5.10. The van der Waals surface area contributed by atoms with Gasteiger partial charge >= 0.3 is 5.97 Å². The number of ether oxygens (including phenoxy) is 1. The molecule has 0 heterocycles. The second-order valence-corrected chi connectivity index (χ2v) is 6.46. The molecule has 1 aromatic carbocycles. The summed E-state index contributed by atoms with van der Waals surface area (Å²) in [6.07, 6.45) is 3.64. The molecule has 1 aliphatic carbocycles. The van der Waals surface area contributed by atoms with Crippen molar-refractivity contribution in [1.29, 1.82) is 0 Å². The van der Waals surface area contributed by atoms with E-state index in [1.807, 2.05) is 0 Å². The van der Waals surface area contributed by atoms with Gasteiger partial charge in [0.2, 0.25) is 0 Å². The lowest BCUT2D eigenvalue weighted by molar-refractivity contribution is -0.151. The van der Waals surface area contributed by atoms with E-state index in [-0.39, 0.29) is 5.91 Å². The summed E-state index contributed by atoms with van der Waals surface area (Å²) < 4.78 is 5.78. The fourth-order valence-corrected chi connectivity index (χ4v) is 3.42. The van der Waals surface area contributed by atoms with E-state index in [1.54, 1.807) is 25.2 Å². The quantitative estimate of drug-likeness (QED) is 0.883. The standard InChI is InChI=1S/C16H20BrNO4/c1-18(16(15(20)21)8-4-3-5-9-16)14(19)12-10-11(22-2)6-7-13(12)17/h6-7,10H,3-5,8-9H2,1-2H3,(H,20,21). The highest BCUT2D eigenvalue weighted by atomic mass is 79.9. The average molecular weight is 370 g/mol. The molecule has 6 heteroatoms. The number of carboxylic acids is 1. The predicted molar refractivity (Wildman–Crippen MR) is 86.2 cm³/mol. The van der Waals surface area contributed by atoms with Crippen molar-refractivity contribution in [2.24, 2.45) is 0 Å². The number of hydrogen-bond acceptors (Lipinski definition) is 3. The van der Waals surface area contributed by atoms with Crippen LogP contribution < -0.4 is 4.74 Å². The van der Waals surface area contributed by atoms with E-state index < -0.39 is 11.5 Å². The number of likely N-dealkylation sites (N-methyl/N-ethyl adjacent to an activating group) is 1. The number of rotatable bonds is 4. The van der Waals surface area contributed by atoms with Gasteiger partial charge in [-0.2, -0.15) is 0 Å². The molecule has 0 radical (unpaired) electrons. The third-order valence-corrected chi connectivity index (χ3v) is 5.12. The van der Waals surface area contributed by atoms with Gasteiger partial charge in [-0.05, 0) is 47.0 Å². The lowest BCUT2D eigenvalue weighted by atomic mass is 9.80. The second kappa shape index (κ2) is 6.69. The zero-order chi connectivity index (χ0) is 16.3. The van der Waals surface area contributed by atoms with Crippen LogP contribution in [0.2, 0.25) is 0 Å². The van der Waals surface area contributed by atoms with Crippen molar-refractivity contribution in [3.05, 3.63) is 28.2 Å². The highest BCUT2D eigenvalue weighted by Crippen LogP contribution is 2.35. The molecule has 22 heavy (non-hydrogen) atoms. The van der Waals surface area contributed by atoms with E-state index in [0.717, 1.165) is 19.3 Å². The molecule has 120 valence electrons. The smallest absolute Gasteiger partial charge is 0.329 e. The second-order valence-electron chi connectivity index (χ2n) is 5.61. The summed E-state index contributed by atoms with van der Waals surface area (Å²) in [5.74, 6) is -0.676. The zero-order valence-electron chi connectivity index (χ0n) is 12.8. The zero-order valence-corrected chi connectivity index (χ0v) is 14.4. The summed E-state index contributed by atoms with van der Waals surface area (Å²) in [7, 11) is 3.11. The Morgan fingerprint density at radius 3 is 2.45 bits per heavy atom. The number of aliphatic carboxylic acids is 1. The SMILES string of the molecule is COc1ccc(Br)c(C(=O)N(C)C2(C(=O)O)CCCCC2)c1. The van der Waals surface area contributed by atoms with Gasteiger partial charge in [0.05, 0.1) is 12.7 Å². The molecule has 1 saturated carbocycles. The lowest BCUT2D eigenvalue weighted by Gasteiger charge is -2.41. The minimum Gasteiger partial charge on any atom is -0.497 e. The van der Waals surface area contributed by atoms with E-state index in [2.05, 4.69) is 15.9 Å². The molecule has 0 aliphatic heterocycles. The van der Waals surface area contributed by atoms with Crippen molar-refractivity contribution in [2.45, 2.75) is 37.6 Å². The number of carbonyl (C=O) groups is 2. The Kier molecular flexibility index (Phi) is 5.11. The van der Waals surface area contributed by atoms with Gasteiger partial charge in [-0.1, -0.05) is 19.3 Å². The number of nitrogens with zero attached hydrogens (tertiary/aromatic N) is 1. The van der Waals surface area contributed by atoms with Crippen molar-refractivity contribution in [3.8, 4) is 5.75 Å². The van der Waals surface area contributed by atoms with Crippen molar-refractivity contribution >= 4 is 27.8 Å². The molecular formula is C16H20BrNO4. The van der Waals surface area contributed by atoms with E-state index in [1.165, 1.54) is 12.0 Å². The van der Waals surface area contributed by atoms with E-state index in [9.17, 15) is 14.7 Å². The van der Waals surface area contributed by atoms with Gasteiger partial charge in [-0.3, -0.25) is 4.79 Å². The van der Waals surface area contributed by atoms with Crippen LogP contribution >= 0.6 is 15.9 Å². The maximum absolute atomic E-state index is 12.8. The molecule has 1 aliphatic rings. The molecule has 2 rings (SSSR count). The first-order valence-electron chi connectivity index (χ1n) is 7.27. The fourth-order valence-electron chi connectivity index (χ4n) is 3.00. The number of benzene rings is 1. The molecular weight excluding hydrogens is 350 g/mol. The summed E-state index contributed by atoms with van der Waals surface area (Å²) in [6.45, 7) is 0. The molecule has 0 unspecified atom stereocenters. The summed E-state index contributed by atoms with van der Waals surface area (Å²) in [4.78, 5) is 26.0. The van der Waals surface area contributed by atoms with Crippen LogP contribution in [0.1, 0.15) is 42.5 Å². The molecule has 0 saturated heterocycles. The first-order valence-corrected chi connectivity index (χ1v) is 8.07. The third kappa shape index (κ3) is 2.97. The van der Waals surface area contributed by atoms with E-state index in [0.29, 0.717) is 28.6 Å². The number of amides is 1. The van der Waals surface area contributed by atoms with Crippen LogP contribution in [0.15, 0.2) is 22.7 Å². The Balaban J connectivity index is 2.36. The van der Waals surface area contributed by atoms with Crippen LogP contribution in [0.4, 0.5) is 0 Å². The maximum atomic E-state index is 12.8. The monoisotopic (exact) mass is 369 g/mol. The van der Waals surface area contributed by atoms with Gasteiger partial charge in [0.1, 0.15) is 11.3 Å². The van der Waals surface area contributed by atoms with Gasteiger partial charge in [0.25, 0.3) is 5.91 Å². The predicted octanol–water partition coefficient (Wildman–Crippen LogP) is 3.32. The van der Waals surface area contributed by atoms with Gasteiger partial charge in [-0.15, -0.1) is 0 Å². The van der Waals surface area contributed by atoms with Crippen LogP contribution in [0.5, 0.6) is 5.75 Å². The molecule has 0 atom stereocenters. The molecule has 1 fully saturated rings. The highest BCUT2D eigenvalue weighted by molar-refractivity contribution is 9.10. The first kappa shape index (κ1) is 16.8. The van der Waals surface area contributed by atoms with Crippen molar-refractivity contribution < 1.29 is 19.4 Å². The molecule has 1 amide bonds. The number of hydrogen-bond donors (Lipinski definition) is 1. The Morgan fingerprint density at radius 1 is 1.27 bits per heavy atom. The van der Waals surface area contributed by atoms with Gasteiger partial charge in [-0.25, -0.2) is 4.79 Å². The highest BCUT2D eigenvalue weighted by Gasteiger charge is 2.45. The number of carboxylic acid groups (broad SMARTS) is 1. The van der Waals surface area contributed by atoms with Crippen LogP contribution in [-0.2, 0) is 4.79 Å². The molecule has 5 nitrogen and oxygen atoms in total. The fraction of sp³-hybridized carbons (Fsp3) is 0.500. The first-order chi connectivity index (χ1) is 10.4. The molecule has 0 bridgehead atoms. The van der Waals surface area contributed by atoms with Crippen LogP contribution in [0.25, 0.3) is 0 Å². The molecule has 1 N–H and O–H groups in total. The van der Waals surface area contributed by atoms with Gasteiger partial charge in [0, 0.05) is 11.5 Å². The number of methoxy groups -OCH3 is 1. The maximum Gasteiger partial charge on any atom is 0.329 e. The largest absolute Gasteiger partial charge is 0.497 e. The van der Waals surface area contributed by atoms with Gasteiger partial charge < -0.3 is 14.7 Å². The van der Waals surface area contributed by atoms with Crippen LogP contribution in [0.3, 0.4) is 0 Å². The van der Waals surface area contributed by atoms with Crippen molar-refractivity contribution in [2.75, 3.05) is 14.2 Å². The molecule has 1 aromatic rings. The summed E-state index contributed by atoms with van der Waals surface area (Å²) in [5, 5.41) is 9.69. The van der Waals surface area contributed by atoms with Crippen LogP contribution in [-0.4, -0.2) is 41.6 Å². The Morgan fingerprint density at radius 2 is 1.91 bits per heavy atom. The average Bonchev–Trinajstić information content (AvgIpc) is 2.54. The minimum absolute atomic E-state index is 0.310. The summed E-state index contributed by atoms with van der Waals surface area (Å²) in [5.41, 5.74) is -0.703. The molecule has 0 aromatic heterocycles. The number of carbonyl (C=O) groups excluding carboxylic acids is 1. The third-order valence-electron chi connectivity index (χ3n) is 4.43. The number of halogens is 1. The lowest BCUT2D eigenvalue weighted by Crippen LogP contribution is -2.56.